The van der Waals surface area contributed by atoms with Crippen molar-refractivity contribution in [3.8, 4) is 0 Å². The van der Waals surface area contributed by atoms with Gasteiger partial charge in [-0.25, -0.2) is 0 Å². The summed E-state index contributed by atoms with van der Waals surface area (Å²) in [5, 5.41) is 0. The van der Waals surface area contributed by atoms with Gasteiger partial charge in [-0.1, -0.05) is 6.92 Å². The number of carbonyl (C=O) groups excluding carboxylic acids is 1. The molecule has 0 aromatic rings. The Labute approximate surface area is 70.4 Å². The lowest BCUT2D eigenvalue weighted by Gasteiger charge is -2.10. The third-order valence-electron chi connectivity index (χ3n) is 1.35. The third kappa shape index (κ3) is 2.71. The van der Waals surface area contributed by atoms with Gasteiger partial charge in [0.05, 0.1) is 5.75 Å². The summed E-state index contributed by atoms with van der Waals surface area (Å²) in [5.74, 6) is 0.491. The molecule has 1 heterocycles. The second-order valence-electron chi connectivity index (χ2n) is 2.35. The van der Waals surface area contributed by atoms with Crippen LogP contribution in [0.2, 0.25) is 0 Å². The fourth-order valence-corrected chi connectivity index (χ4v) is 1.85. The van der Waals surface area contributed by atoms with Gasteiger partial charge >= 0.3 is 5.97 Å². The molecular formula is C7H12O3S. The van der Waals surface area contributed by atoms with Crippen LogP contribution in [-0.4, -0.2) is 23.4 Å². The SMILES string of the molecule is CCC1OC(OC(C)=O)CS1. The summed E-state index contributed by atoms with van der Waals surface area (Å²) in [4.78, 5) is 10.5. The zero-order valence-electron chi connectivity index (χ0n) is 6.70. The van der Waals surface area contributed by atoms with Crippen LogP contribution in [0.5, 0.6) is 0 Å². The molecule has 0 saturated carbocycles. The maximum Gasteiger partial charge on any atom is 0.304 e. The van der Waals surface area contributed by atoms with Gasteiger partial charge in [-0.05, 0) is 6.42 Å². The predicted octanol–water partition coefficient (Wildman–Crippen LogP) is 1.38. The number of carbonyl (C=O) groups is 1. The number of ether oxygens (including phenoxy) is 2. The predicted molar refractivity (Wildman–Crippen MR) is 43.2 cm³/mol. The van der Waals surface area contributed by atoms with Gasteiger partial charge in [-0.2, -0.15) is 0 Å². The van der Waals surface area contributed by atoms with Gasteiger partial charge < -0.3 is 9.47 Å². The summed E-state index contributed by atoms with van der Waals surface area (Å²) in [7, 11) is 0. The molecule has 1 fully saturated rings. The number of thioether (sulfide) groups is 1. The maximum atomic E-state index is 10.5. The minimum absolute atomic E-state index is 0.208. The van der Waals surface area contributed by atoms with Crippen molar-refractivity contribution in [1.82, 2.24) is 0 Å². The molecule has 4 heteroatoms. The van der Waals surface area contributed by atoms with Crippen molar-refractivity contribution in [3.63, 3.8) is 0 Å². The van der Waals surface area contributed by atoms with Crippen LogP contribution in [0.25, 0.3) is 0 Å². The number of esters is 1. The van der Waals surface area contributed by atoms with Crippen LogP contribution in [0, 0.1) is 0 Å². The Balaban J connectivity index is 2.24. The van der Waals surface area contributed by atoms with E-state index in [-0.39, 0.29) is 17.7 Å². The van der Waals surface area contributed by atoms with Gasteiger partial charge in [0.25, 0.3) is 0 Å². The minimum atomic E-state index is -0.317. The first-order valence-corrected chi connectivity index (χ1v) is 4.71. The van der Waals surface area contributed by atoms with Crippen LogP contribution < -0.4 is 0 Å². The molecule has 1 aliphatic heterocycles. The lowest BCUT2D eigenvalue weighted by molar-refractivity contribution is -0.170. The number of rotatable bonds is 2. The fraction of sp³-hybridized carbons (Fsp3) is 0.857. The third-order valence-corrected chi connectivity index (χ3v) is 2.63. The smallest absolute Gasteiger partial charge is 0.304 e. The Morgan fingerprint density at radius 3 is 3.00 bits per heavy atom. The lowest BCUT2D eigenvalue weighted by Crippen LogP contribution is -2.18. The average molecular weight is 176 g/mol. The highest BCUT2D eigenvalue weighted by atomic mass is 32.2. The molecule has 2 unspecified atom stereocenters. The van der Waals surface area contributed by atoms with Crippen molar-refractivity contribution < 1.29 is 14.3 Å². The van der Waals surface area contributed by atoms with Crippen molar-refractivity contribution in [2.75, 3.05) is 5.75 Å². The number of hydrogen-bond donors (Lipinski definition) is 0. The first-order valence-electron chi connectivity index (χ1n) is 3.66. The Hall–Kier alpha value is -0.220. The zero-order valence-corrected chi connectivity index (χ0v) is 7.52. The standard InChI is InChI=1S/C7H12O3S/c1-3-7-10-6(4-11-7)9-5(2)8/h6-7H,3-4H2,1-2H3. The summed E-state index contributed by atoms with van der Waals surface area (Å²) in [6.07, 6.45) is 0.644. The molecule has 0 aromatic heterocycles. The monoisotopic (exact) mass is 176 g/mol. The van der Waals surface area contributed by atoms with Crippen molar-refractivity contribution >= 4 is 17.7 Å². The zero-order chi connectivity index (χ0) is 8.27. The molecule has 0 bridgehead atoms. The van der Waals surface area contributed by atoms with Crippen LogP contribution in [0.1, 0.15) is 20.3 Å². The van der Waals surface area contributed by atoms with Gasteiger partial charge in [0, 0.05) is 6.92 Å². The Morgan fingerprint density at radius 2 is 2.55 bits per heavy atom. The molecular weight excluding hydrogens is 164 g/mol. The van der Waals surface area contributed by atoms with Gasteiger partial charge in [-0.3, -0.25) is 4.79 Å². The van der Waals surface area contributed by atoms with Crippen LogP contribution >= 0.6 is 11.8 Å². The molecule has 1 aliphatic rings. The second kappa shape index (κ2) is 3.97. The van der Waals surface area contributed by atoms with E-state index in [1.165, 1.54) is 6.92 Å². The first-order chi connectivity index (χ1) is 5.22. The molecule has 0 radical (unpaired) electrons. The summed E-state index contributed by atoms with van der Waals surface area (Å²) >= 11 is 1.69. The van der Waals surface area contributed by atoms with E-state index in [0.717, 1.165) is 12.2 Å². The first kappa shape index (κ1) is 8.87. The Kier molecular flexibility index (Phi) is 3.20. The van der Waals surface area contributed by atoms with Crippen molar-refractivity contribution in [1.29, 1.82) is 0 Å². The molecule has 1 rings (SSSR count). The van der Waals surface area contributed by atoms with E-state index < -0.39 is 0 Å². The maximum absolute atomic E-state index is 10.5. The van der Waals surface area contributed by atoms with Crippen LogP contribution in [0.4, 0.5) is 0 Å². The fourth-order valence-electron chi connectivity index (χ4n) is 0.895. The van der Waals surface area contributed by atoms with Gasteiger partial charge in [0.1, 0.15) is 5.44 Å². The molecule has 1 saturated heterocycles. The van der Waals surface area contributed by atoms with E-state index in [2.05, 4.69) is 0 Å². The lowest BCUT2D eigenvalue weighted by atomic mass is 10.5. The molecule has 0 N–H and O–H groups in total. The normalized spacial score (nSPS) is 30.4. The van der Waals surface area contributed by atoms with Crippen molar-refractivity contribution in [2.24, 2.45) is 0 Å². The van der Waals surface area contributed by atoms with E-state index in [4.69, 9.17) is 9.47 Å². The highest BCUT2D eigenvalue weighted by molar-refractivity contribution is 8.00. The average Bonchev–Trinajstić information content (AvgIpc) is 2.34. The van der Waals surface area contributed by atoms with Crippen molar-refractivity contribution in [2.45, 2.75) is 32.0 Å². The minimum Gasteiger partial charge on any atom is -0.435 e. The van der Waals surface area contributed by atoms with E-state index in [1.807, 2.05) is 6.92 Å². The second-order valence-corrected chi connectivity index (χ2v) is 3.54. The molecule has 11 heavy (non-hydrogen) atoms. The molecule has 0 spiro atoms. The van der Waals surface area contributed by atoms with E-state index >= 15 is 0 Å². The Bertz CT molecular complexity index is 149. The molecule has 3 nitrogen and oxygen atoms in total. The molecule has 0 amide bonds. The molecule has 2 atom stereocenters. The summed E-state index contributed by atoms with van der Waals surface area (Å²) in [6.45, 7) is 3.45. The van der Waals surface area contributed by atoms with Crippen LogP contribution in [0.15, 0.2) is 0 Å². The highest BCUT2D eigenvalue weighted by Gasteiger charge is 2.26. The van der Waals surface area contributed by atoms with Crippen LogP contribution in [0.3, 0.4) is 0 Å². The van der Waals surface area contributed by atoms with E-state index in [0.29, 0.717) is 0 Å². The summed E-state index contributed by atoms with van der Waals surface area (Å²) in [5.41, 5.74) is 0.208. The topological polar surface area (TPSA) is 35.5 Å². The molecule has 64 valence electrons. The van der Waals surface area contributed by atoms with Crippen molar-refractivity contribution in [3.05, 3.63) is 0 Å². The van der Waals surface area contributed by atoms with E-state index in [9.17, 15) is 4.79 Å². The largest absolute Gasteiger partial charge is 0.435 e. The summed E-state index contributed by atoms with van der Waals surface area (Å²) in [6, 6.07) is 0. The highest BCUT2D eigenvalue weighted by Crippen LogP contribution is 2.27. The molecule has 0 aromatic carbocycles. The molecule has 0 aliphatic carbocycles. The van der Waals surface area contributed by atoms with Crippen LogP contribution in [-0.2, 0) is 14.3 Å². The number of hydrogen-bond acceptors (Lipinski definition) is 4. The Morgan fingerprint density at radius 1 is 1.82 bits per heavy atom. The summed E-state index contributed by atoms with van der Waals surface area (Å²) < 4.78 is 10.2. The quantitative estimate of drug-likeness (QED) is 0.595. The van der Waals surface area contributed by atoms with E-state index in [1.54, 1.807) is 11.8 Å². The van der Waals surface area contributed by atoms with Gasteiger partial charge in [0.15, 0.2) is 0 Å². The van der Waals surface area contributed by atoms with Gasteiger partial charge in [0.2, 0.25) is 6.29 Å². The van der Waals surface area contributed by atoms with Gasteiger partial charge in [-0.15, -0.1) is 11.8 Å².